The van der Waals surface area contributed by atoms with Gasteiger partial charge in [-0.2, -0.15) is 4.39 Å². The van der Waals surface area contributed by atoms with Crippen LogP contribution in [0.3, 0.4) is 0 Å². The molecule has 30 heavy (non-hydrogen) atoms. The third-order valence-corrected chi connectivity index (χ3v) is 6.13. The summed E-state index contributed by atoms with van der Waals surface area (Å²) >= 11 is 0. The fraction of sp³-hybridized carbons (Fsp3) is 0.304. The van der Waals surface area contributed by atoms with Crippen molar-refractivity contribution in [3.8, 4) is 11.3 Å². The lowest BCUT2D eigenvalue weighted by atomic mass is 9.97. The molecule has 5 rings (SSSR count). The predicted octanol–water partition coefficient (Wildman–Crippen LogP) is 3.95. The number of amides is 1. The van der Waals surface area contributed by atoms with Gasteiger partial charge in [0.05, 0.1) is 5.69 Å². The predicted molar refractivity (Wildman–Crippen MR) is 112 cm³/mol. The molecule has 3 heterocycles. The van der Waals surface area contributed by atoms with Gasteiger partial charge in [0.15, 0.2) is 0 Å². The lowest BCUT2D eigenvalue weighted by molar-refractivity contribution is 0.0802. The van der Waals surface area contributed by atoms with Crippen LogP contribution in [0.15, 0.2) is 48.8 Å². The number of halogens is 1. The third kappa shape index (κ3) is 3.01. The maximum absolute atomic E-state index is 13.4. The van der Waals surface area contributed by atoms with E-state index in [1.807, 2.05) is 19.1 Å². The summed E-state index contributed by atoms with van der Waals surface area (Å²) in [7, 11) is 1.80. The molecule has 0 unspecified atom stereocenters. The molecular formula is C23H22FN5O. The largest absolute Gasteiger partial charge is 0.342 e. The highest BCUT2D eigenvalue weighted by molar-refractivity contribution is 5.96. The van der Waals surface area contributed by atoms with E-state index in [0.29, 0.717) is 29.3 Å². The topological polar surface area (TPSA) is 62.2 Å². The molecule has 1 saturated carbocycles. The zero-order chi connectivity index (χ0) is 20.9. The van der Waals surface area contributed by atoms with Crippen molar-refractivity contribution >= 4 is 17.5 Å². The van der Waals surface area contributed by atoms with Gasteiger partial charge in [0.1, 0.15) is 0 Å². The van der Waals surface area contributed by atoms with Crippen molar-refractivity contribution in [2.24, 2.45) is 0 Å². The monoisotopic (exact) mass is 403 g/mol. The van der Waals surface area contributed by atoms with Crippen molar-refractivity contribution in [3.63, 3.8) is 0 Å². The van der Waals surface area contributed by atoms with Crippen molar-refractivity contribution in [1.82, 2.24) is 19.9 Å². The SMILES string of the molecule is CCN(C)C(=O)c1ccc2c(c1)N(c1ncc(-c3cccc(F)n3)cn1)CC21CC1. The summed E-state index contributed by atoms with van der Waals surface area (Å²) in [6, 6.07) is 10.6. The molecule has 1 amide bonds. The summed E-state index contributed by atoms with van der Waals surface area (Å²) in [6.45, 7) is 3.42. The molecule has 1 fully saturated rings. The molecule has 6 nitrogen and oxygen atoms in total. The molecule has 3 aromatic rings. The van der Waals surface area contributed by atoms with E-state index in [4.69, 9.17) is 0 Å². The highest BCUT2D eigenvalue weighted by Crippen LogP contribution is 2.57. The Kier molecular flexibility index (Phi) is 4.27. The molecule has 0 radical (unpaired) electrons. The van der Waals surface area contributed by atoms with E-state index in [1.54, 1.807) is 36.5 Å². The van der Waals surface area contributed by atoms with Crippen LogP contribution >= 0.6 is 0 Å². The number of rotatable bonds is 4. The van der Waals surface area contributed by atoms with E-state index in [2.05, 4.69) is 25.9 Å². The van der Waals surface area contributed by atoms with Crippen LogP contribution in [0.25, 0.3) is 11.3 Å². The molecule has 0 saturated heterocycles. The maximum Gasteiger partial charge on any atom is 0.253 e. The molecule has 1 aliphatic heterocycles. The third-order valence-electron chi connectivity index (χ3n) is 6.13. The van der Waals surface area contributed by atoms with Gasteiger partial charge >= 0.3 is 0 Å². The van der Waals surface area contributed by atoms with E-state index >= 15 is 0 Å². The first-order valence-corrected chi connectivity index (χ1v) is 10.1. The summed E-state index contributed by atoms with van der Waals surface area (Å²) in [5.74, 6) is 0.0500. The zero-order valence-corrected chi connectivity index (χ0v) is 17.0. The first-order chi connectivity index (χ1) is 14.5. The summed E-state index contributed by atoms with van der Waals surface area (Å²) in [6.07, 6.45) is 5.59. The van der Waals surface area contributed by atoms with Gasteiger partial charge in [-0.3, -0.25) is 4.79 Å². The number of carbonyl (C=O) groups is 1. The van der Waals surface area contributed by atoms with Crippen LogP contribution in [-0.2, 0) is 5.41 Å². The normalized spacial score (nSPS) is 15.9. The van der Waals surface area contributed by atoms with Crippen LogP contribution in [0.5, 0.6) is 0 Å². The van der Waals surface area contributed by atoms with Crippen molar-refractivity contribution in [1.29, 1.82) is 0 Å². The smallest absolute Gasteiger partial charge is 0.253 e. The second-order valence-electron chi connectivity index (χ2n) is 8.04. The van der Waals surface area contributed by atoms with Crippen LogP contribution in [0.2, 0.25) is 0 Å². The molecule has 1 aliphatic carbocycles. The number of benzene rings is 1. The van der Waals surface area contributed by atoms with Crippen LogP contribution in [0.1, 0.15) is 35.7 Å². The van der Waals surface area contributed by atoms with Gasteiger partial charge in [-0.05, 0) is 49.6 Å². The highest BCUT2D eigenvalue weighted by atomic mass is 19.1. The van der Waals surface area contributed by atoms with Crippen LogP contribution in [-0.4, -0.2) is 45.9 Å². The second kappa shape index (κ2) is 6.86. The first-order valence-electron chi connectivity index (χ1n) is 10.1. The molecule has 7 heteroatoms. The van der Waals surface area contributed by atoms with E-state index < -0.39 is 5.95 Å². The van der Waals surface area contributed by atoms with Crippen molar-refractivity contribution < 1.29 is 9.18 Å². The Hall–Kier alpha value is -3.35. The number of fused-ring (bicyclic) bond motifs is 2. The Morgan fingerprint density at radius 3 is 2.63 bits per heavy atom. The zero-order valence-electron chi connectivity index (χ0n) is 17.0. The summed E-state index contributed by atoms with van der Waals surface area (Å²) < 4.78 is 13.4. The van der Waals surface area contributed by atoms with Crippen molar-refractivity contribution in [2.45, 2.75) is 25.2 Å². The van der Waals surface area contributed by atoms with E-state index in [-0.39, 0.29) is 11.3 Å². The van der Waals surface area contributed by atoms with E-state index in [1.165, 1.54) is 11.6 Å². The highest BCUT2D eigenvalue weighted by Gasteiger charge is 2.52. The number of hydrogen-bond donors (Lipinski definition) is 0. The number of aromatic nitrogens is 3. The summed E-state index contributed by atoms with van der Waals surface area (Å²) in [5.41, 5.74) is 4.23. The van der Waals surface area contributed by atoms with Crippen molar-refractivity contribution in [3.05, 3.63) is 65.9 Å². The van der Waals surface area contributed by atoms with Crippen LogP contribution in [0, 0.1) is 5.95 Å². The number of nitrogens with zero attached hydrogens (tertiary/aromatic N) is 5. The molecule has 2 aromatic heterocycles. The molecule has 0 N–H and O–H groups in total. The number of anilines is 2. The summed E-state index contributed by atoms with van der Waals surface area (Å²) in [5, 5.41) is 0. The molecule has 0 atom stereocenters. The maximum atomic E-state index is 13.4. The number of hydrogen-bond acceptors (Lipinski definition) is 5. The molecule has 1 spiro atoms. The minimum absolute atomic E-state index is 0.00504. The summed E-state index contributed by atoms with van der Waals surface area (Å²) in [4.78, 5) is 29.4. The molecule has 2 aliphatic rings. The van der Waals surface area contributed by atoms with E-state index in [9.17, 15) is 9.18 Å². The van der Waals surface area contributed by atoms with Crippen LogP contribution in [0.4, 0.5) is 16.0 Å². The second-order valence-corrected chi connectivity index (χ2v) is 8.04. The van der Waals surface area contributed by atoms with Crippen molar-refractivity contribution in [2.75, 3.05) is 25.0 Å². The quantitative estimate of drug-likeness (QED) is 0.617. The van der Waals surface area contributed by atoms with Gasteiger partial charge in [-0.25, -0.2) is 15.0 Å². The lowest BCUT2D eigenvalue weighted by Crippen LogP contribution is -2.26. The fourth-order valence-electron chi connectivity index (χ4n) is 4.09. The standard InChI is InChI=1S/C23H22FN5O/c1-3-28(2)21(30)15-7-8-17-19(11-15)29(14-23(17)9-10-23)22-25-12-16(13-26-22)18-5-4-6-20(24)27-18/h4-8,11-13H,3,9-10,14H2,1-2H3. The van der Waals surface area contributed by atoms with Gasteiger partial charge in [-0.15, -0.1) is 0 Å². The Balaban J connectivity index is 1.50. The molecule has 152 valence electrons. The van der Waals surface area contributed by atoms with Gasteiger partial charge in [0, 0.05) is 54.8 Å². The lowest BCUT2D eigenvalue weighted by Gasteiger charge is -2.19. The molecule has 1 aromatic carbocycles. The van der Waals surface area contributed by atoms with Gasteiger partial charge < -0.3 is 9.80 Å². The van der Waals surface area contributed by atoms with Gasteiger partial charge in [0.2, 0.25) is 11.9 Å². The Bertz CT molecular complexity index is 1130. The molecule has 0 bridgehead atoms. The average molecular weight is 403 g/mol. The average Bonchev–Trinajstić information content (AvgIpc) is 3.49. The van der Waals surface area contributed by atoms with E-state index in [0.717, 1.165) is 25.1 Å². The van der Waals surface area contributed by atoms with Gasteiger partial charge in [0.25, 0.3) is 5.91 Å². The molecular weight excluding hydrogens is 381 g/mol. The fourth-order valence-corrected chi connectivity index (χ4v) is 4.09. The number of pyridine rings is 1. The Morgan fingerprint density at radius 1 is 1.20 bits per heavy atom. The van der Waals surface area contributed by atoms with Crippen LogP contribution < -0.4 is 4.90 Å². The minimum atomic E-state index is -0.532. The Labute approximate surface area is 174 Å². The first kappa shape index (κ1) is 18.7. The van der Waals surface area contributed by atoms with Gasteiger partial charge in [-0.1, -0.05) is 12.1 Å². The minimum Gasteiger partial charge on any atom is -0.342 e. The number of carbonyl (C=O) groups excluding carboxylic acids is 1. The Morgan fingerprint density at radius 2 is 1.97 bits per heavy atom.